The zero-order valence-corrected chi connectivity index (χ0v) is 39.4. The number of carboxylic acid groups (broad SMARTS) is 1. The van der Waals surface area contributed by atoms with Crippen molar-refractivity contribution in [3.63, 3.8) is 0 Å². The van der Waals surface area contributed by atoms with Crippen LogP contribution in [0.3, 0.4) is 0 Å². The molecule has 430 valence electrons. The van der Waals surface area contributed by atoms with E-state index >= 15 is 0 Å². The Labute approximate surface area is 437 Å². The second-order valence-electron chi connectivity index (χ2n) is 17.5. The maximum absolute atomic E-state index is 14.2. The molecule has 0 aliphatic carbocycles. The maximum Gasteiger partial charge on any atom is 0.416 e. The van der Waals surface area contributed by atoms with E-state index in [0.717, 1.165) is 0 Å². The van der Waals surface area contributed by atoms with E-state index in [1.807, 2.05) is 18.2 Å². The van der Waals surface area contributed by atoms with E-state index in [2.05, 4.69) is 4.98 Å². The van der Waals surface area contributed by atoms with Crippen molar-refractivity contribution in [2.75, 3.05) is 0 Å². The van der Waals surface area contributed by atoms with Gasteiger partial charge in [-0.15, -0.1) is 0 Å². The summed E-state index contributed by atoms with van der Waals surface area (Å²) in [5, 5.41) is 9.14. The van der Waals surface area contributed by atoms with Crippen LogP contribution in [-0.4, -0.2) is 28.0 Å². The quantitative estimate of drug-likeness (QED) is 0.0677. The first kappa shape index (κ1) is 62.1. The Balaban J connectivity index is 0.000000363. The smallest absolute Gasteiger partial charge is 0.416 e. The molecular formula is C51H27BF24N2O3. The molecule has 30 heteroatoms. The topological polar surface area (TPSA) is 71.1 Å². The van der Waals surface area contributed by atoms with Crippen molar-refractivity contribution in [3.8, 4) is 11.3 Å². The van der Waals surface area contributed by atoms with E-state index in [9.17, 15) is 115 Å². The number of aromatic carboxylic acids is 1. The van der Waals surface area contributed by atoms with Crippen molar-refractivity contribution in [3.05, 3.63) is 202 Å². The summed E-state index contributed by atoms with van der Waals surface area (Å²) in [7, 11) is 0. The van der Waals surface area contributed by atoms with Crippen LogP contribution in [-0.2, 0) is 56.0 Å². The molecule has 7 aromatic rings. The van der Waals surface area contributed by atoms with E-state index in [-0.39, 0.29) is 17.9 Å². The number of halogens is 24. The zero-order valence-electron chi connectivity index (χ0n) is 39.4. The van der Waals surface area contributed by atoms with Crippen molar-refractivity contribution in [2.45, 2.75) is 56.0 Å². The van der Waals surface area contributed by atoms with E-state index in [1.165, 1.54) is 6.07 Å². The summed E-state index contributed by atoms with van der Waals surface area (Å²) in [4.78, 5) is 27.7. The van der Waals surface area contributed by atoms with Gasteiger partial charge in [-0.1, -0.05) is 84.9 Å². The van der Waals surface area contributed by atoms with Crippen LogP contribution in [0.4, 0.5) is 105 Å². The molecule has 0 amide bonds. The molecule has 6 aromatic carbocycles. The van der Waals surface area contributed by atoms with Crippen molar-refractivity contribution >= 4 is 39.7 Å². The van der Waals surface area contributed by atoms with Gasteiger partial charge in [0.2, 0.25) is 18.0 Å². The van der Waals surface area contributed by atoms with Gasteiger partial charge in [-0.05, 0) is 42.5 Å². The van der Waals surface area contributed by atoms with E-state index in [4.69, 9.17) is 5.11 Å². The Kier molecular flexibility index (Phi) is 16.7. The van der Waals surface area contributed by atoms with E-state index < -0.39 is 201 Å². The number of carbonyl (C=O) groups is 2. The number of ketones is 1. The Bertz CT molecular complexity index is 3030. The lowest BCUT2D eigenvalue weighted by Gasteiger charge is -2.46. The fraction of sp³-hybridized carbons (Fsp3) is 0.176. The average molecular weight is 1180 g/mol. The van der Waals surface area contributed by atoms with E-state index in [1.54, 1.807) is 53.5 Å². The normalized spacial score (nSPS) is 13.1. The van der Waals surface area contributed by atoms with Crippen molar-refractivity contribution < 1.29 is 125 Å². The summed E-state index contributed by atoms with van der Waals surface area (Å²) in [5.41, 5.74) is -28.0. The molecule has 0 radical (unpaired) electrons. The van der Waals surface area contributed by atoms with Crippen molar-refractivity contribution in [1.29, 1.82) is 0 Å². The van der Waals surface area contributed by atoms with Gasteiger partial charge >= 0.3 is 55.4 Å². The highest BCUT2D eigenvalue weighted by atomic mass is 19.4. The first-order chi connectivity index (χ1) is 36.9. The molecule has 0 aliphatic rings. The minimum Gasteiger partial charge on any atom is -0.478 e. The van der Waals surface area contributed by atoms with Crippen molar-refractivity contribution in [2.24, 2.45) is 0 Å². The first-order valence-corrected chi connectivity index (χ1v) is 22.0. The standard InChI is InChI=1S/C32H12BF24.C19H14N2O3/c34-25(35,36)13-1-14(26(37,38)39)6-21(5-13)33(22-7-15(27(40,41)42)2-16(8-22)28(43,44)45,23-9-17(29(46,47)48)3-18(10-23)30(49,50)51)24-11-19(31(52,53)54)4-20(12-24)32(55,56)57;22-18(14-5-2-1-3-6-14)13-21-10-9-20-12-17(21)15-7-4-8-16(11-15)19(23)24/h1-12H;1-12H,13H2/q-1;/p+1. The largest absolute Gasteiger partial charge is 0.478 e. The van der Waals surface area contributed by atoms with E-state index in [0.29, 0.717) is 16.8 Å². The zero-order chi connectivity index (χ0) is 60.9. The molecule has 5 nitrogen and oxygen atoms in total. The summed E-state index contributed by atoms with van der Waals surface area (Å²) < 4.78 is 343. The minimum atomic E-state index is -6.13. The van der Waals surface area contributed by atoms with Crippen LogP contribution in [0.15, 0.2) is 146 Å². The fourth-order valence-electron chi connectivity index (χ4n) is 8.52. The number of hydrogen-bond acceptors (Lipinski definition) is 3. The number of aromatic nitrogens is 2. The van der Waals surface area contributed by atoms with Gasteiger partial charge in [0, 0.05) is 11.1 Å². The van der Waals surface area contributed by atoms with Gasteiger partial charge in [0.05, 0.1) is 62.5 Å². The third kappa shape index (κ3) is 14.3. The number of benzene rings is 6. The Hall–Kier alpha value is -8.08. The average Bonchev–Trinajstić information content (AvgIpc) is 3.11. The van der Waals surface area contributed by atoms with Crippen LogP contribution in [0.5, 0.6) is 0 Å². The molecule has 0 saturated carbocycles. The van der Waals surface area contributed by atoms with Crippen LogP contribution >= 0.6 is 0 Å². The summed E-state index contributed by atoms with van der Waals surface area (Å²) >= 11 is 0. The number of nitrogens with zero attached hydrogens (tertiary/aromatic N) is 2. The molecule has 7 rings (SSSR count). The molecule has 0 saturated heterocycles. The van der Waals surface area contributed by atoms with Crippen LogP contribution in [0, 0.1) is 0 Å². The predicted octanol–water partition coefficient (Wildman–Crippen LogP) is 13.8. The Morgan fingerprint density at radius 3 is 0.975 bits per heavy atom. The lowest BCUT2D eigenvalue weighted by Crippen LogP contribution is -2.75. The summed E-state index contributed by atoms with van der Waals surface area (Å²) in [6, 6.07) is 6.81. The number of alkyl halides is 24. The predicted molar refractivity (Wildman–Crippen MR) is 238 cm³/mol. The lowest BCUT2D eigenvalue weighted by molar-refractivity contribution is -0.672. The summed E-state index contributed by atoms with van der Waals surface area (Å²) in [6.07, 6.45) is -49.9. The SMILES string of the molecule is FC(F)(F)c1cc([B-](c2cc(C(F)(F)F)cc(C(F)(F)F)c2)(c2cc(C(F)(F)F)cc(C(F)(F)F)c2)c2cc(C(F)(F)F)cc(C(F)(F)F)c2)cc(C(F)(F)F)c1.O=C(O)c1cccc(-c2cncc[n+]2CC(=O)c2ccccc2)c1. The highest BCUT2D eigenvalue weighted by molar-refractivity contribution is 7.20. The monoisotopic (exact) mass is 1180 g/mol. The van der Waals surface area contributed by atoms with Gasteiger partial charge < -0.3 is 5.11 Å². The highest BCUT2D eigenvalue weighted by Gasteiger charge is 2.47. The Morgan fingerprint density at radius 2 is 0.691 bits per heavy atom. The van der Waals surface area contributed by atoms with Crippen LogP contribution < -0.4 is 26.4 Å². The molecule has 1 heterocycles. The highest BCUT2D eigenvalue weighted by Crippen LogP contribution is 2.41. The molecule has 0 spiro atoms. The summed E-state index contributed by atoms with van der Waals surface area (Å²) in [6.45, 7) is 0.152. The van der Waals surface area contributed by atoms with Gasteiger partial charge in [-0.2, -0.15) is 132 Å². The number of carbonyl (C=O) groups excluding carboxylic acids is 1. The molecule has 0 fully saturated rings. The van der Waals surface area contributed by atoms with Gasteiger partial charge in [-0.3, -0.25) is 9.78 Å². The lowest BCUT2D eigenvalue weighted by atomic mass is 9.12. The number of hydrogen-bond donors (Lipinski definition) is 1. The molecule has 0 bridgehead atoms. The third-order valence-corrected chi connectivity index (χ3v) is 12.1. The molecule has 0 unspecified atom stereocenters. The number of rotatable bonds is 9. The Morgan fingerprint density at radius 1 is 0.395 bits per heavy atom. The van der Waals surface area contributed by atoms with Crippen LogP contribution in [0.25, 0.3) is 11.3 Å². The molecular weight excluding hydrogens is 1160 g/mol. The molecule has 0 atom stereocenters. The van der Waals surface area contributed by atoms with Crippen molar-refractivity contribution in [1.82, 2.24) is 4.98 Å². The molecule has 81 heavy (non-hydrogen) atoms. The number of carboxylic acids is 1. The van der Waals surface area contributed by atoms with Gasteiger partial charge in [0.25, 0.3) is 0 Å². The first-order valence-electron chi connectivity index (χ1n) is 22.0. The minimum absolute atomic E-state index is 0.0255. The van der Waals surface area contributed by atoms with Gasteiger partial charge in [-0.25, -0.2) is 4.79 Å². The second kappa shape index (κ2) is 21.8. The molecule has 1 N–H and O–H groups in total. The molecule has 0 aliphatic heterocycles. The van der Waals surface area contributed by atoms with Gasteiger partial charge in [0.1, 0.15) is 6.15 Å². The number of Topliss-reactive ketones (excluding diaryl/α,β-unsaturated/α-hetero) is 1. The summed E-state index contributed by atoms with van der Waals surface area (Å²) in [5.74, 6) is -1.02. The van der Waals surface area contributed by atoms with Crippen LogP contribution in [0.2, 0.25) is 0 Å². The second-order valence-corrected chi connectivity index (χ2v) is 17.5. The van der Waals surface area contributed by atoms with Crippen LogP contribution in [0.1, 0.15) is 65.2 Å². The third-order valence-electron chi connectivity index (χ3n) is 12.1. The molecule has 1 aromatic heterocycles. The maximum atomic E-state index is 14.2. The van der Waals surface area contributed by atoms with Gasteiger partial charge in [0.15, 0.2) is 6.20 Å². The fourth-order valence-corrected chi connectivity index (χ4v) is 8.52.